The minimum atomic E-state index is 0.122. The van der Waals surface area contributed by atoms with Gasteiger partial charge in [0, 0.05) is 37.4 Å². The van der Waals surface area contributed by atoms with Crippen molar-refractivity contribution in [1.29, 1.82) is 5.26 Å². The smallest absolute Gasteiger partial charge is 0.224 e. The molecule has 0 aliphatic carbocycles. The predicted molar refractivity (Wildman–Crippen MR) is 76.1 cm³/mol. The van der Waals surface area contributed by atoms with Crippen molar-refractivity contribution in [2.75, 3.05) is 43.9 Å². The Hall–Kier alpha value is -2.26. The number of benzene rings is 1. The van der Waals surface area contributed by atoms with Crippen molar-refractivity contribution in [1.82, 2.24) is 4.90 Å². The molecule has 1 aliphatic heterocycles. The molecular weight excluding hydrogens is 256 g/mol. The topological polar surface area (TPSA) is 91.4 Å². The lowest BCUT2D eigenvalue weighted by molar-refractivity contribution is -0.134. The molecule has 2 rings (SSSR count). The summed E-state index contributed by atoms with van der Waals surface area (Å²) in [5.41, 5.74) is 7.35. The molecule has 1 fully saturated rings. The van der Waals surface area contributed by atoms with Gasteiger partial charge >= 0.3 is 0 Å². The zero-order chi connectivity index (χ0) is 14.4. The van der Waals surface area contributed by atoms with Crippen LogP contribution in [0.5, 0.6) is 0 Å². The van der Waals surface area contributed by atoms with Gasteiger partial charge < -0.3 is 20.7 Å². The summed E-state index contributed by atoms with van der Waals surface area (Å²) < 4.78 is 5.21. The Morgan fingerprint density at radius 2 is 2.20 bits per heavy atom. The molecule has 0 bridgehead atoms. The molecule has 0 atom stereocenters. The maximum atomic E-state index is 11.9. The summed E-state index contributed by atoms with van der Waals surface area (Å²) in [6.07, 6.45) is 0.423. The van der Waals surface area contributed by atoms with E-state index in [-0.39, 0.29) is 5.91 Å². The average molecular weight is 274 g/mol. The van der Waals surface area contributed by atoms with Crippen molar-refractivity contribution in [3.63, 3.8) is 0 Å². The van der Waals surface area contributed by atoms with E-state index in [9.17, 15) is 4.79 Å². The molecule has 1 heterocycles. The number of nitrogens with two attached hydrogens (primary N) is 1. The van der Waals surface area contributed by atoms with Gasteiger partial charge in [-0.1, -0.05) is 0 Å². The number of nitrogen functional groups attached to an aromatic ring is 1. The van der Waals surface area contributed by atoms with Crippen LogP contribution < -0.4 is 11.1 Å². The number of ether oxygens (including phenoxy) is 1. The van der Waals surface area contributed by atoms with Gasteiger partial charge in [0.25, 0.3) is 0 Å². The zero-order valence-electron chi connectivity index (χ0n) is 11.3. The molecule has 20 heavy (non-hydrogen) atoms. The van der Waals surface area contributed by atoms with Gasteiger partial charge in [-0.3, -0.25) is 4.79 Å². The fraction of sp³-hybridized carbons (Fsp3) is 0.429. The monoisotopic (exact) mass is 274 g/mol. The maximum Gasteiger partial charge on any atom is 0.224 e. The second kappa shape index (κ2) is 6.78. The lowest BCUT2D eigenvalue weighted by Crippen LogP contribution is -2.41. The van der Waals surface area contributed by atoms with Crippen molar-refractivity contribution >= 4 is 17.3 Å². The summed E-state index contributed by atoms with van der Waals surface area (Å²) in [4.78, 5) is 13.7. The molecule has 6 nitrogen and oxygen atoms in total. The quantitative estimate of drug-likeness (QED) is 0.792. The van der Waals surface area contributed by atoms with Crippen LogP contribution in [0.2, 0.25) is 0 Å². The standard InChI is InChI=1S/C14H18N4O2/c15-10-11-9-12(1-2-13(11)16)17-4-3-14(19)18-5-7-20-8-6-18/h1-2,9,17H,3-8,16H2. The van der Waals surface area contributed by atoms with Crippen LogP contribution in [0.1, 0.15) is 12.0 Å². The van der Waals surface area contributed by atoms with Crippen molar-refractivity contribution in [3.05, 3.63) is 23.8 Å². The molecule has 106 valence electrons. The number of nitrogens with one attached hydrogen (secondary N) is 1. The second-order valence-corrected chi connectivity index (χ2v) is 4.58. The fourth-order valence-electron chi connectivity index (χ4n) is 2.05. The molecule has 1 saturated heterocycles. The number of amides is 1. The first-order chi connectivity index (χ1) is 9.70. The molecule has 0 spiro atoms. The number of nitrogens with zero attached hydrogens (tertiary/aromatic N) is 2. The van der Waals surface area contributed by atoms with Gasteiger partial charge in [-0.05, 0) is 18.2 Å². The first-order valence-electron chi connectivity index (χ1n) is 6.59. The zero-order valence-corrected chi connectivity index (χ0v) is 11.3. The van der Waals surface area contributed by atoms with Gasteiger partial charge in [-0.2, -0.15) is 5.26 Å². The van der Waals surface area contributed by atoms with E-state index in [4.69, 9.17) is 15.7 Å². The van der Waals surface area contributed by atoms with E-state index in [1.165, 1.54) is 0 Å². The van der Waals surface area contributed by atoms with Crippen molar-refractivity contribution in [2.45, 2.75) is 6.42 Å². The van der Waals surface area contributed by atoms with Gasteiger partial charge in [0.05, 0.1) is 18.8 Å². The summed E-state index contributed by atoms with van der Waals surface area (Å²) in [5, 5.41) is 12.0. The number of morpholine rings is 1. The Morgan fingerprint density at radius 3 is 2.90 bits per heavy atom. The summed E-state index contributed by atoms with van der Waals surface area (Å²) in [5.74, 6) is 0.122. The first-order valence-corrected chi connectivity index (χ1v) is 6.59. The third-order valence-corrected chi connectivity index (χ3v) is 3.21. The highest BCUT2D eigenvalue weighted by molar-refractivity contribution is 5.77. The van der Waals surface area contributed by atoms with Crippen LogP contribution in [0, 0.1) is 11.3 Å². The Balaban J connectivity index is 1.80. The molecule has 0 aromatic heterocycles. The van der Waals surface area contributed by atoms with Gasteiger partial charge in [0.15, 0.2) is 0 Å². The van der Waals surface area contributed by atoms with E-state index in [2.05, 4.69) is 5.32 Å². The number of hydrogen-bond donors (Lipinski definition) is 2. The SMILES string of the molecule is N#Cc1cc(NCCC(=O)N2CCOCC2)ccc1N. The maximum absolute atomic E-state index is 11.9. The lowest BCUT2D eigenvalue weighted by Gasteiger charge is -2.26. The van der Waals surface area contributed by atoms with E-state index in [1.54, 1.807) is 18.2 Å². The third-order valence-electron chi connectivity index (χ3n) is 3.21. The first kappa shape index (κ1) is 14.2. The van der Waals surface area contributed by atoms with Crippen LogP contribution >= 0.6 is 0 Å². The number of rotatable bonds is 4. The molecular formula is C14H18N4O2. The molecule has 1 aliphatic rings. The Morgan fingerprint density at radius 1 is 1.45 bits per heavy atom. The van der Waals surface area contributed by atoms with Crippen LogP contribution in [-0.4, -0.2) is 43.7 Å². The molecule has 0 radical (unpaired) electrons. The minimum Gasteiger partial charge on any atom is -0.398 e. The normalized spacial score (nSPS) is 14.7. The largest absolute Gasteiger partial charge is 0.398 e. The van der Waals surface area contributed by atoms with Crippen molar-refractivity contribution in [3.8, 4) is 6.07 Å². The van der Waals surface area contributed by atoms with Crippen LogP contribution in [0.15, 0.2) is 18.2 Å². The Kier molecular flexibility index (Phi) is 4.80. The van der Waals surface area contributed by atoms with Gasteiger partial charge in [0.2, 0.25) is 5.91 Å². The molecule has 6 heteroatoms. The summed E-state index contributed by atoms with van der Waals surface area (Å²) in [7, 11) is 0. The molecule has 1 amide bonds. The van der Waals surface area contributed by atoms with Crippen LogP contribution in [-0.2, 0) is 9.53 Å². The van der Waals surface area contributed by atoms with Crippen LogP contribution in [0.4, 0.5) is 11.4 Å². The van der Waals surface area contributed by atoms with E-state index in [1.807, 2.05) is 11.0 Å². The third kappa shape index (κ3) is 3.62. The van der Waals surface area contributed by atoms with Crippen LogP contribution in [0.3, 0.4) is 0 Å². The van der Waals surface area contributed by atoms with Crippen molar-refractivity contribution in [2.24, 2.45) is 0 Å². The minimum absolute atomic E-state index is 0.122. The van der Waals surface area contributed by atoms with Crippen LogP contribution in [0.25, 0.3) is 0 Å². The number of hydrogen-bond acceptors (Lipinski definition) is 5. The average Bonchev–Trinajstić information content (AvgIpc) is 2.49. The summed E-state index contributed by atoms with van der Waals surface area (Å²) in [6, 6.07) is 7.21. The van der Waals surface area contributed by atoms with E-state index in [0.717, 1.165) is 5.69 Å². The van der Waals surface area contributed by atoms with Gasteiger partial charge in [-0.15, -0.1) is 0 Å². The van der Waals surface area contributed by atoms with Gasteiger partial charge in [0.1, 0.15) is 6.07 Å². The number of anilines is 2. The van der Waals surface area contributed by atoms with E-state index >= 15 is 0 Å². The number of carbonyl (C=O) groups is 1. The van der Waals surface area contributed by atoms with E-state index in [0.29, 0.717) is 50.5 Å². The molecule has 0 saturated carbocycles. The Bertz CT molecular complexity index is 518. The highest BCUT2D eigenvalue weighted by atomic mass is 16.5. The molecule has 1 aromatic carbocycles. The lowest BCUT2D eigenvalue weighted by atomic mass is 10.2. The summed E-state index contributed by atoms with van der Waals surface area (Å²) >= 11 is 0. The fourth-order valence-corrected chi connectivity index (χ4v) is 2.05. The highest BCUT2D eigenvalue weighted by Gasteiger charge is 2.15. The predicted octanol–water partition coefficient (Wildman–Crippen LogP) is 0.801. The molecule has 3 N–H and O–H groups in total. The second-order valence-electron chi connectivity index (χ2n) is 4.58. The van der Waals surface area contributed by atoms with Gasteiger partial charge in [-0.25, -0.2) is 0 Å². The number of carbonyl (C=O) groups excluding carboxylic acids is 1. The summed E-state index contributed by atoms with van der Waals surface area (Å²) in [6.45, 7) is 3.09. The van der Waals surface area contributed by atoms with E-state index < -0.39 is 0 Å². The molecule has 0 unspecified atom stereocenters. The number of nitriles is 1. The van der Waals surface area contributed by atoms with Crippen molar-refractivity contribution < 1.29 is 9.53 Å². The molecule has 1 aromatic rings. The highest BCUT2D eigenvalue weighted by Crippen LogP contribution is 2.16. The Labute approximate surface area is 118 Å².